The molecule has 2 atom stereocenters. The fourth-order valence-electron chi connectivity index (χ4n) is 2.76. The second kappa shape index (κ2) is 4.15. The standard InChI is InChI=1S/C11H19FO2/c12-6-2-1-5-11(13)7-9-3-4-10(8-11)14-9/h9-10,13H,1-8H2. The Morgan fingerprint density at radius 3 is 2.43 bits per heavy atom. The van der Waals surface area contributed by atoms with Gasteiger partial charge < -0.3 is 9.84 Å². The molecule has 3 heteroatoms. The lowest BCUT2D eigenvalue weighted by Crippen LogP contribution is -2.40. The van der Waals surface area contributed by atoms with Gasteiger partial charge >= 0.3 is 0 Å². The average Bonchev–Trinajstić information content (AvgIpc) is 2.46. The maximum absolute atomic E-state index is 11.9. The third-order valence-corrected chi connectivity index (χ3v) is 3.44. The molecule has 2 rings (SSSR count). The first-order valence-electron chi connectivity index (χ1n) is 5.66. The molecule has 2 fully saturated rings. The smallest absolute Gasteiger partial charge is 0.0894 e. The highest BCUT2D eigenvalue weighted by atomic mass is 19.1. The number of ether oxygens (including phenoxy) is 1. The van der Waals surface area contributed by atoms with Gasteiger partial charge in [0.25, 0.3) is 0 Å². The van der Waals surface area contributed by atoms with Crippen LogP contribution in [0.3, 0.4) is 0 Å². The van der Waals surface area contributed by atoms with E-state index in [0.29, 0.717) is 6.42 Å². The minimum Gasteiger partial charge on any atom is -0.390 e. The summed E-state index contributed by atoms with van der Waals surface area (Å²) in [6.45, 7) is -0.264. The van der Waals surface area contributed by atoms with Crippen LogP contribution in [-0.2, 0) is 4.74 Å². The normalized spacial score (nSPS) is 41.6. The molecule has 2 aliphatic heterocycles. The van der Waals surface area contributed by atoms with Gasteiger partial charge in [-0.2, -0.15) is 0 Å². The van der Waals surface area contributed by atoms with E-state index in [0.717, 1.165) is 38.5 Å². The molecule has 0 aliphatic carbocycles. The third kappa shape index (κ3) is 2.26. The maximum atomic E-state index is 11.9. The van der Waals surface area contributed by atoms with Crippen molar-refractivity contribution in [1.29, 1.82) is 0 Å². The molecule has 0 amide bonds. The van der Waals surface area contributed by atoms with Gasteiger partial charge in [-0.3, -0.25) is 4.39 Å². The van der Waals surface area contributed by atoms with E-state index >= 15 is 0 Å². The molecular weight excluding hydrogens is 183 g/mol. The summed E-state index contributed by atoms with van der Waals surface area (Å²) in [5.74, 6) is 0. The quantitative estimate of drug-likeness (QED) is 0.708. The second-order valence-electron chi connectivity index (χ2n) is 4.74. The SMILES string of the molecule is OC1(CCCCF)CC2CCC(C1)O2. The van der Waals surface area contributed by atoms with Crippen molar-refractivity contribution in [2.75, 3.05) is 6.67 Å². The largest absolute Gasteiger partial charge is 0.390 e. The minimum atomic E-state index is -0.556. The maximum Gasteiger partial charge on any atom is 0.0894 e. The Hall–Kier alpha value is -0.150. The van der Waals surface area contributed by atoms with Crippen molar-refractivity contribution in [3.8, 4) is 0 Å². The molecule has 0 spiro atoms. The molecular formula is C11H19FO2. The van der Waals surface area contributed by atoms with Crippen molar-refractivity contribution in [1.82, 2.24) is 0 Å². The molecule has 0 radical (unpaired) electrons. The highest BCUT2D eigenvalue weighted by Gasteiger charge is 2.42. The van der Waals surface area contributed by atoms with Crippen molar-refractivity contribution >= 4 is 0 Å². The Morgan fingerprint density at radius 1 is 1.21 bits per heavy atom. The van der Waals surface area contributed by atoms with Crippen LogP contribution in [0.25, 0.3) is 0 Å². The number of aliphatic hydroxyl groups is 1. The van der Waals surface area contributed by atoms with Crippen LogP contribution >= 0.6 is 0 Å². The van der Waals surface area contributed by atoms with E-state index in [2.05, 4.69) is 0 Å². The van der Waals surface area contributed by atoms with E-state index < -0.39 is 5.60 Å². The molecule has 2 unspecified atom stereocenters. The molecule has 2 bridgehead atoms. The first-order chi connectivity index (χ1) is 6.72. The van der Waals surface area contributed by atoms with E-state index in [1.807, 2.05) is 0 Å². The summed E-state index contributed by atoms with van der Waals surface area (Å²) in [6, 6.07) is 0. The molecule has 0 aromatic rings. The summed E-state index contributed by atoms with van der Waals surface area (Å²) in [6.07, 6.45) is 6.36. The third-order valence-electron chi connectivity index (χ3n) is 3.44. The molecule has 0 aromatic heterocycles. The van der Waals surface area contributed by atoms with Crippen LogP contribution in [0, 0.1) is 0 Å². The monoisotopic (exact) mass is 202 g/mol. The minimum absolute atomic E-state index is 0.264. The van der Waals surface area contributed by atoms with Gasteiger partial charge in [-0.05, 0) is 32.1 Å². The van der Waals surface area contributed by atoms with Crippen LogP contribution in [-0.4, -0.2) is 29.6 Å². The van der Waals surface area contributed by atoms with Gasteiger partial charge in [-0.1, -0.05) is 0 Å². The van der Waals surface area contributed by atoms with E-state index in [1.165, 1.54) is 0 Å². The number of halogens is 1. The number of unbranched alkanes of at least 4 members (excludes halogenated alkanes) is 1. The van der Waals surface area contributed by atoms with Crippen LogP contribution < -0.4 is 0 Å². The first kappa shape index (κ1) is 10.4. The molecule has 0 saturated carbocycles. The van der Waals surface area contributed by atoms with E-state index in [1.54, 1.807) is 0 Å². The predicted molar refractivity (Wildman–Crippen MR) is 51.9 cm³/mol. The number of rotatable bonds is 4. The molecule has 2 nitrogen and oxygen atoms in total. The number of alkyl halides is 1. The summed E-state index contributed by atoms with van der Waals surface area (Å²) in [5, 5.41) is 10.3. The van der Waals surface area contributed by atoms with E-state index in [-0.39, 0.29) is 18.9 Å². The molecule has 2 heterocycles. The van der Waals surface area contributed by atoms with E-state index in [4.69, 9.17) is 4.74 Å². The number of hydrogen-bond donors (Lipinski definition) is 1. The molecule has 2 saturated heterocycles. The Kier molecular flexibility index (Phi) is 3.07. The van der Waals surface area contributed by atoms with Gasteiger partial charge in [0.2, 0.25) is 0 Å². The summed E-state index contributed by atoms with van der Waals surface area (Å²) in [7, 11) is 0. The molecule has 14 heavy (non-hydrogen) atoms. The Balaban J connectivity index is 1.83. The van der Waals surface area contributed by atoms with Gasteiger partial charge in [0.05, 0.1) is 24.5 Å². The Labute approximate surface area is 84.5 Å². The topological polar surface area (TPSA) is 29.5 Å². The summed E-state index contributed by atoms with van der Waals surface area (Å²) >= 11 is 0. The Bertz CT molecular complexity index is 184. The first-order valence-corrected chi connectivity index (χ1v) is 5.66. The van der Waals surface area contributed by atoms with Gasteiger partial charge in [-0.25, -0.2) is 0 Å². The van der Waals surface area contributed by atoms with Crippen molar-refractivity contribution in [3.05, 3.63) is 0 Å². The summed E-state index contributed by atoms with van der Waals surface area (Å²) < 4.78 is 17.6. The summed E-state index contributed by atoms with van der Waals surface area (Å²) in [5.41, 5.74) is -0.556. The zero-order valence-electron chi connectivity index (χ0n) is 8.54. The van der Waals surface area contributed by atoms with Crippen molar-refractivity contribution in [3.63, 3.8) is 0 Å². The summed E-state index contributed by atoms with van der Waals surface area (Å²) in [4.78, 5) is 0. The lowest BCUT2D eigenvalue weighted by Gasteiger charge is -2.36. The van der Waals surface area contributed by atoms with Crippen LogP contribution in [0.15, 0.2) is 0 Å². The van der Waals surface area contributed by atoms with Crippen molar-refractivity contribution < 1.29 is 14.2 Å². The predicted octanol–water partition coefficient (Wildman–Crippen LogP) is 2.20. The average molecular weight is 202 g/mol. The lowest BCUT2D eigenvalue weighted by molar-refractivity contribution is -0.115. The molecule has 1 N–H and O–H groups in total. The van der Waals surface area contributed by atoms with Gasteiger partial charge in [0.1, 0.15) is 0 Å². The number of fused-ring (bicyclic) bond motifs is 2. The van der Waals surface area contributed by atoms with Crippen LogP contribution in [0.5, 0.6) is 0 Å². The van der Waals surface area contributed by atoms with Crippen LogP contribution in [0.4, 0.5) is 4.39 Å². The van der Waals surface area contributed by atoms with Gasteiger partial charge in [-0.15, -0.1) is 0 Å². The molecule has 2 aliphatic rings. The highest BCUT2D eigenvalue weighted by molar-refractivity contribution is 4.94. The highest BCUT2D eigenvalue weighted by Crippen LogP contribution is 2.40. The van der Waals surface area contributed by atoms with Crippen molar-refractivity contribution in [2.45, 2.75) is 62.8 Å². The zero-order chi connectivity index (χ0) is 10.0. The van der Waals surface area contributed by atoms with Crippen LogP contribution in [0.2, 0.25) is 0 Å². The molecule has 82 valence electrons. The fourth-order valence-corrected chi connectivity index (χ4v) is 2.76. The zero-order valence-corrected chi connectivity index (χ0v) is 8.54. The van der Waals surface area contributed by atoms with Gasteiger partial charge in [0, 0.05) is 12.8 Å². The van der Waals surface area contributed by atoms with Crippen LogP contribution in [0.1, 0.15) is 44.9 Å². The van der Waals surface area contributed by atoms with Crippen molar-refractivity contribution in [2.24, 2.45) is 0 Å². The van der Waals surface area contributed by atoms with E-state index in [9.17, 15) is 9.50 Å². The number of hydrogen-bond acceptors (Lipinski definition) is 2. The fraction of sp³-hybridized carbons (Fsp3) is 1.00. The van der Waals surface area contributed by atoms with Gasteiger partial charge in [0.15, 0.2) is 0 Å². The lowest BCUT2D eigenvalue weighted by atomic mass is 9.85. The molecule has 0 aromatic carbocycles. The second-order valence-corrected chi connectivity index (χ2v) is 4.74. The Morgan fingerprint density at radius 2 is 1.86 bits per heavy atom.